The van der Waals surface area contributed by atoms with Gasteiger partial charge in [-0.2, -0.15) is 5.10 Å². The Hall–Kier alpha value is -0.870. The molecule has 0 radical (unpaired) electrons. The molecule has 4 heteroatoms. The Balaban J connectivity index is 1.54. The van der Waals surface area contributed by atoms with Crippen molar-refractivity contribution in [1.82, 2.24) is 20.0 Å². The van der Waals surface area contributed by atoms with E-state index in [0.717, 1.165) is 31.0 Å². The molecule has 1 N–H and O–H groups in total. The Morgan fingerprint density at radius 1 is 1.25 bits per heavy atom. The highest BCUT2D eigenvalue weighted by Crippen LogP contribution is 2.35. The van der Waals surface area contributed by atoms with Crippen molar-refractivity contribution in [3.05, 3.63) is 18.5 Å². The van der Waals surface area contributed by atoms with Gasteiger partial charge in [-0.1, -0.05) is 6.42 Å². The Labute approximate surface area is 122 Å². The average molecular weight is 276 g/mol. The third-order valence-corrected chi connectivity index (χ3v) is 5.11. The van der Waals surface area contributed by atoms with E-state index in [1.54, 1.807) is 0 Å². The normalized spacial score (nSPS) is 30.9. The first-order chi connectivity index (χ1) is 9.74. The van der Waals surface area contributed by atoms with Crippen molar-refractivity contribution in [2.45, 2.75) is 51.7 Å². The largest absolute Gasteiger partial charge is 0.311 e. The summed E-state index contributed by atoms with van der Waals surface area (Å²) in [7, 11) is 0. The molecule has 2 bridgehead atoms. The van der Waals surface area contributed by atoms with Gasteiger partial charge in [-0.25, -0.2) is 0 Å². The van der Waals surface area contributed by atoms with Gasteiger partial charge in [0.2, 0.25) is 0 Å². The molecule has 0 spiro atoms. The van der Waals surface area contributed by atoms with Gasteiger partial charge in [0.1, 0.15) is 0 Å². The van der Waals surface area contributed by atoms with Crippen LogP contribution in [0.5, 0.6) is 0 Å². The lowest BCUT2D eigenvalue weighted by molar-refractivity contribution is 0.0294. The van der Waals surface area contributed by atoms with Crippen LogP contribution in [0.3, 0.4) is 0 Å². The number of fused-ring (bicyclic) bond motifs is 2. The molecule has 2 aliphatic rings. The minimum Gasteiger partial charge on any atom is -0.311 e. The topological polar surface area (TPSA) is 33.1 Å². The monoisotopic (exact) mass is 276 g/mol. The molecule has 0 amide bonds. The summed E-state index contributed by atoms with van der Waals surface area (Å²) >= 11 is 0. The second-order valence-electron chi connectivity index (χ2n) is 6.75. The van der Waals surface area contributed by atoms with Crippen molar-refractivity contribution in [3.63, 3.8) is 0 Å². The molecule has 1 aliphatic carbocycles. The second kappa shape index (κ2) is 6.27. The maximum atomic E-state index is 4.27. The van der Waals surface area contributed by atoms with Crippen LogP contribution in [0.15, 0.2) is 18.5 Å². The van der Waals surface area contributed by atoms with Gasteiger partial charge in [0, 0.05) is 44.1 Å². The number of rotatable bonds is 5. The standard InChI is InChI=1S/C16H28N4/c1-13(2)19-11-14-5-3-6-15(12-19)16(14)17-8-10-20-9-4-7-18-20/h4,7,9,13-17H,3,5-6,8,10-12H2,1-2H3. The number of hydrogen-bond donors (Lipinski definition) is 1. The highest BCUT2D eigenvalue weighted by molar-refractivity contribution is 4.95. The van der Waals surface area contributed by atoms with Crippen LogP contribution in [-0.2, 0) is 6.54 Å². The van der Waals surface area contributed by atoms with Gasteiger partial charge in [0.05, 0.1) is 6.54 Å². The molecule has 1 aliphatic heterocycles. The highest BCUT2D eigenvalue weighted by Gasteiger charge is 2.39. The third kappa shape index (κ3) is 3.07. The van der Waals surface area contributed by atoms with E-state index in [1.165, 1.54) is 32.4 Å². The Morgan fingerprint density at radius 2 is 2.00 bits per heavy atom. The number of hydrogen-bond acceptors (Lipinski definition) is 3. The number of likely N-dealkylation sites (tertiary alicyclic amines) is 1. The van der Waals surface area contributed by atoms with Crippen LogP contribution >= 0.6 is 0 Å². The molecule has 2 atom stereocenters. The zero-order valence-electron chi connectivity index (χ0n) is 12.8. The van der Waals surface area contributed by atoms with E-state index < -0.39 is 0 Å². The van der Waals surface area contributed by atoms with E-state index in [2.05, 4.69) is 29.2 Å². The van der Waals surface area contributed by atoms with E-state index in [9.17, 15) is 0 Å². The van der Waals surface area contributed by atoms with Crippen LogP contribution in [0.4, 0.5) is 0 Å². The molecule has 1 aromatic rings. The predicted octanol–water partition coefficient (Wildman–Crippen LogP) is 1.98. The van der Waals surface area contributed by atoms with E-state index >= 15 is 0 Å². The van der Waals surface area contributed by atoms with Crippen LogP contribution in [0.1, 0.15) is 33.1 Å². The summed E-state index contributed by atoms with van der Waals surface area (Å²) < 4.78 is 2.02. The fourth-order valence-corrected chi connectivity index (χ4v) is 4.01. The number of nitrogens with one attached hydrogen (secondary N) is 1. The fourth-order valence-electron chi connectivity index (χ4n) is 4.01. The van der Waals surface area contributed by atoms with Gasteiger partial charge < -0.3 is 10.2 Å². The molecule has 1 aromatic heterocycles. The number of nitrogens with zero attached hydrogens (tertiary/aromatic N) is 3. The summed E-state index contributed by atoms with van der Waals surface area (Å²) in [5, 5.41) is 8.11. The van der Waals surface area contributed by atoms with E-state index in [-0.39, 0.29) is 0 Å². The first kappa shape index (κ1) is 14.1. The summed E-state index contributed by atoms with van der Waals surface area (Å²) in [4.78, 5) is 2.68. The van der Waals surface area contributed by atoms with E-state index in [4.69, 9.17) is 0 Å². The molecule has 0 aromatic carbocycles. The van der Waals surface area contributed by atoms with Crippen LogP contribution in [0.2, 0.25) is 0 Å². The van der Waals surface area contributed by atoms with Gasteiger partial charge >= 0.3 is 0 Å². The van der Waals surface area contributed by atoms with Gasteiger partial charge in [-0.05, 0) is 44.6 Å². The third-order valence-electron chi connectivity index (χ3n) is 5.11. The van der Waals surface area contributed by atoms with Crippen molar-refractivity contribution >= 4 is 0 Å². The summed E-state index contributed by atoms with van der Waals surface area (Å²) in [6, 6.07) is 3.42. The van der Waals surface area contributed by atoms with E-state index in [1.807, 2.05) is 23.1 Å². The molecule has 112 valence electrons. The maximum absolute atomic E-state index is 4.27. The number of piperidine rings is 1. The average Bonchev–Trinajstić information content (AvgIpc) is 2.91. The van der Waals surface area contributed by atoms with Crippen molar-refractivity contribution in [2.24, 2.45) is 11.8 Å². The van der Waals surface area contributed by atoms with Crippen molar-refractivity contribution in [1.29, 1.82) is 0 Å². The molecular formula is C16H28N4. The predicted molar refractivity (Wildman–Crippen MR) is 81.6 cm³/mol. The first-order valence-corrected chi connectivity index (χ1v) is 8.19. The van der Waals surface area contributed by atoms with Gasteiger partial charge in [-0.15, -0.1) is 0 Å². The zero-order chi connectivity index (χ0) is 13.9. The highest BCUT2D eigenvalue weighted by atomic mass is 15.3. The Kier molecular flexibility index (Phi) is 4.41. The summed E-state index contributed by atoms with van der Waals surface area (Å²) in [6.45, 7) is 9.27. The lowest BCUT2D eigenvalue weighted by Gasteiger charge is -2.49. The van der Waals surface area contributed by atoms with Gasteiger partial charge in [-0.3, -0.25) is 4.68 Å². The molecular weight excluding hydrogens is 248 g/mol. The maximum Gasteiger partial charge on any atom is 0.0534 e. The molecule has 20 heavy (non-hydrogen) atoms. The Morgan fingerprint density at radius 3 is 2.60 bits per heavy atom. The SMILES string of the molecule is CC(C)N1CC2CCCC(C1)C2NCCn1cccn1. The van der Waals surface area contributed by atoms with Crippen LogP contribution in [0.25, 0.3) is 0 Å². The molecule has 2 fully saturated rings. The smallest absolute Gasteiger partial charge is 0.0534 e. The summed E-state index contributed by atoms with van der Waals surface area (Å²) in [5.74, 6) is 1.70. The van der Waals surface area contributed by atoms with E-state index in [0.29, 0.717) is 6.04 Å². The van der Waals surface area contributed by atoms with Crippen LogP contribution < -0.4 is 5.32 Å². The second-order valence-corrected chi connectivity index (χ2v) is 6.75. The summed E-state index contributed by atoms with van der Waals surface area (Å²) in [6.07, 6.45) is 8.14. The lowest BCUT2D eigenvalue weighted by Crippen LogP contribution is -2.58. The van der Waals surface area contributed by atoms with Crippen LogP contribution in [0, 0.1) is 11.8 Å². The lowest BCUT2D eigenvalue weighted by atomic mass is 9.73. The fraction of sp³-hybridized carbons (Fsp3) is 0.812. The minimum absolute atomic E-state index is 0.697. The summed E-state index contributed by atoms with van der Waals surface area (Å²) in [5.41, 5.74) is 0. The number of aromatic nitrogens is 2. The molecule has 1 saturated heterocycles. The molecule has 4 nitrogen and oxygen atoms in total. The molecule has 3 rings (SSSR count). The van der Waals surface area contributed by atoms with Crippen LogP contribution in [-0.4, -0.2) is 46.4 Å². The first-order valence-electron chi connectivity index (χ1n) is 8.19. The van der Waals surface area contributed by atoms with Gasteiger partial charge in [0.15, 0.2) is 0 Å². The van der Waals surface area contributed by atoms with Crippen molar-refractivity contribution in [3.8, 4) is 0 Å². The molecule has 2 unspecified atom stereocenters. The quantitative estimate of drug-likeness (QED) is 0.893. The molecule has 2 heterocycles. The minimum atomic E-state index is 0.697. The van der Waals surface area contributed by atoms with Gasteiger partial charge in [0.25, 0.3) is 0 Å². The Bertz CT molecular complexity index is 387. The van der Waals surface area contributed by atoms with Crippen molar-refractivity contribution in [2.75, 3.05) is 19.6 Å². The van der Waals surface area contributed by atoms with Crippen molar-refractivity contribution < 1.29 is 0 Å². The molecule has 1 saturated carbocycles. The zero-order valence-corrected chi connectivity index (χ0v) is 12.8.